The van der Waals surface area contributed by atoms with Crippen molar-refractivity contribution >= 4 is 15.5 Å². The summed E-state index contributed by atoms with van der Waals surface area (Å²) in [5.74, 6) is 0.774. The van der Waals surface area contributed by atoms with Crippen LogP contribution in [0.3, 0.4) is 0 Å². The number of fused-ring (bicyclic) bond motifs is 1. The van der Waals surface area contributed by atoms with Crippen LogP contribution < -0.4 is 0 Å². The van der Waals surface area contributed by atoms with Crippen molar-refractivity contribution in [2.75, 3.05) is 6.26 Å². The molecule has 0 aliphatic heterocycles. The van der Waals surface area contributed by atoms with Gasteiger partial charge in [0.1, 0.15) is 5.65 Å². The molecule has 120 valence electrons. The Kier molecular flexibility index (Phi) is 3.20. The van der Waals surface area contributed by atoms with Crippen LogP contribution in [0, 0.1) is 0 Å². The lowest BCUT2D eigenvalue weighted by molar-refractivity contribution is 0.432. The van der Waals surface area contributed by atoms with Gasteiger partial charge in [0, 0.05) is 36.0 Å². The van der Waals surface area contributed by atoms with Crippen LogP contribution in [0.2, 0.25) is 0 Å². The lowest BCUT2D eigenvalue weighted by Gasteiger charge is -1.98. The van der Waals surface area contributed by atoms with Crippen LogP contribution in [0.4, 0.5) is 0 Å². The van der Waals surface area contributed by atoms with Gasteiger partial charge in [-0.3, -0.25) is 0 Å². The van der Waals surface area contributed by atoms with E-state index in [-0.39, 0.29) is 4.90 Å². The molecule has 0 aliphatic carbocycles. The smallest absolute Gasteiger partial charge is 0.258 e. The number of imidazole rings is 1. The summed E-state index contributed by atoms with van der Waals surface area (Å²) in [6.45, 7) is 0. The summed E-state index contributed by atoms with van der Waals surface area (Å²) in [5.41, 5.74) is 2.23. The summed E-state index contributed by atoms with van der Waals surface area (Å²) in [7, 11) is -3.23. The molecule has 0 unspecified atom stereocenters. The zero-order chi connectivity index (χ0) is 16.7. The van der Waals surface area contributed by atoms with Crippen LogP contribution in [-0.4, -0.2) is 34.2 Å². The Hall–Kier alpha value is -3.00. The van der Waals surface area contributed by atoms with Gasteiger partial charge in [-0.05, 0) is 36.4 Å². The van der Waals surface area contributed by atoms with Gasteiger partial charge >= 0.3 is 0 Å². The quantitative estimate of drug-likeness (QED) is 0.569. The number of sulfone groups is 1. The van der Waals surface area contributed by atoms with Gasteiger partial charge < -0.3 is 8.92 Å². The molecule has 3 heterocycles. The van der Waals surface area contributed by atoms with E-state index in [1.807, 2.05) is 28.9 Å². The van der Waals surface area contributed by atoms with Crippen LogP contribution >= 0.6 is 0 Å². The van der Waals surface area contributed by atoms with Crippen LogP contribution in [-0.2, 0) is 9.84 Å². The van der Waals surface area contributed by atoms with Crippen molar-refractivity contribution in [3.8, 4) is 22.8 Å². The minimum absolute atomic E-state index is 0.250. The monoisotopic (exact) mass is 340 g/mol. The molecule has 4 rings (SSSR count). The highest BCUT2D eigenvalue weighted by Crippen LogP contribution is 2.23. The van der Waals surface area contributed by atoms with Gasteiger partial charge in [0.15, 0.2) is 9.84 Å². The van der Waals surface area contributed by atoms with Gasteiger partial charge in [0.05, 0.1) is 4.90 Å². The largest absolute Gasteiger partial charge is 0.334 e. The van der Waals surface area contributed by atoms with E-state index in [4.69, 9.17) is 4.52 Å². The van der Waals surface area contributed by atoms with Gasteiger partial charge in [0.2, 0.25) is 5.82 Å². The van der Waals surface area contributed by atoms with E-state index in [2.05, 4.69) is 15.1 Å². The van der Waals surface area contributed by atoms with Crippen LogP contribution in [0.15, 0.2) is 64.4 Å². The SMILES string of the molecule is CS(=O)(=O)c1ccc(-c2noc(-c3ccn4ccnc4c3)n2)cc1. The third-order valence-corrected chi connectivity index (χ3v) is 4.74. The van der Waals surface area contributed by atoms with E-state index in [9.17, 15) is 8.42 Å². The van der Waals surface area contributed by atoms with Gasteiger partial charge in [-0.1, -0.05) is 5.16 Å². The number of rotatable bonds is 3. The lowest BCUT2D eigenvalue weighted by Crippen LogP contribution is -1.96. The highest BCUT2D eigenvalue weighted by atomic mass is 32.2. The fourth-order valence-corrected chi connectivity index (χ4v) is 2.98. The van der Waals surface area contributed by atoms with Crippen LogP contribution in [0.25, 0.3) is 28.5 Å². The summed E-state index contributed by atoms with van der Waals surface area (Å²) in [6.07, 6.45) is 6.59. The minimum atomic E-state index is -3.23. The third-order valence-electron chi connectivity index (χ3n) is 3.61. The second-order valence-electron chi connectivity index (χ2n) is 5.33. The molecule has 0 saturated heterocycles. The Morgan fingerprint density at radius 2 is 1.83 bits per heavy atom. The molecule has 0 amide bonds. The number of hydrogen-bond donors (Lipinski definition) is 0. The highest BCUT2D eigenvalue weighted by Gasteiger charge is 2.13. The number of nitrogens with zero attached hydrogens (tertiary/aromatic N) is 4. The topological polar surface area (TPSA) is 90.4 Å². The normalized spacial score (nSPS) is 11.9. The van der Waals surface area contributed by atoms with Crippen molar-refractivity contribution in [1.82, 2.24) is 19.5 Å². The molecule has 8 heteroatoms. The van der Waals surface area contributed by atoms with E-state index >= 15 is 0 Å². The first-order chi connectivity index (χ1) is 11.5. The summed E-state index contributed by atoms with van der Waals surface area (Å²) >= 11 is 0. The first-order valence-corrected chi connectivity index (χ1v) is 8.97. The number of aromatic nitrogens is 4. The Bertz CT molecular complexity index is 1130. The molecule has 0 atom stereocenters. The maximum Gasteiger partial charge on any atom is 0.258 e. The van der Waals surface area contributed by atoms with Crippen molar-refractivity contribution in [3.05, 3.63) is 55.0 Å². The molecule has 0 radical (unpaired) electrons. The Morgan fingerprint density at radius 3 is 2.58 bits per heavy atom. The summed E-state index contributed by atoms with van der Waals surface area (Å²) in [6, 6.07) is 10.1. The first-order valence-electron chi connectivity index (χ1n) is 7.08. The molecule has 7 nitrogen and oxygen atoms in total. The van der Waals surface area contributed by atoms with Crippen LogP contribution in [0.5, 0.6) is 0 Å². The van der Waals surface area contributed by atoms with E-state index in [0.29, 0.717) is 17.3 Å². The Balaban J connectivity index is 1.69. The molecule has 0 bridgehead atoms. The second kappa shape index (κ2) is 5.27. The zero-order valence-electron chi connectivity index (χ0n) is 12.6. The third kappa shape index (κ3) is 2.56. The van der Waals surface area contributed by atoms with Gasteiger partial charge in [0.25, 0.3) is 5.89 Å². The summed E-state index contributed by atoms with van der Waals surface area (Å²) in [5, 5.41) is 3.96. The van der Waals surface area contributed by atoms with Crippen molar-refractivity contribution in [2.45, 2.75) is 4.90 Å². The maximum atomic E-state index is 11.5. The molecule has 0 aliphatic rings. The summed E-state index contributed by atoms with van der Waals surface area (Å²) < 4.78 is 30.2. The molecule has 0 saturated carbocycles. The van der Waals surface area contributed by atoms with Gasteiger partial charge in [-0.15, -0.1) is 0 Å². The predicted molar refractivity (Wildman–Crippen MR) is 87.0 cm³/mol. The number of benzene rings is 1. The van der Waals surface area contributed by atoms with Gasteiger partial charge in [-0.2, -0.15) is 4.98 Å². The average molecular weight is 340 g/mol. The minimum Gasteiger partial charge on any atom is -0.334 e. The van der Waals surface area contributed by atoms with Gasteiger partial charge in [-0.25, -0.2) is 13.4 Å². The van der Waals surface area contributed by atoms with Crippen molar-refractivity contribution in [1.29, 1.82) is 0 Å². The number of hydrogen-bond acceptors (Lipinski definition) is 6. The Morgan fingerprint density at radius 1 is 1.04 bits per heavy atom. The van der Waals surface area contributed by atoms with Crippen molar-refractivity contribution in [3.63, 3.8) is 0 Å². The predicted octanol–water partition coefficient (Wildman–Crippen LogP) is 2.45. The highest BCUT2D eigenvalue weighted by molar-refractivity contribution is 7.90. The van der Waals surface area contributed by atoms with Crippen molar-refractivity contribution in [2.24, 2.45) is 0 Å². The van der Waals surface area contributed by atoms with E-state index in [1.165, 1.54) is 18.4 Å². The van der Waals surface area contributed by atoms with Crippen molar-refractivity contribution < 1.29 is 12.9 Å². The fourth-order valence-electron chi connectivity index (χ4n) is 2.35. The molecule has 0 fully saturated rings. The Labute approximate surface area is 137 Å². The standard InChI is InChI=1S/C16H12N4O3S/c1-24(21,22)13-4-2-11(3-5-13)15-18-16(23-19-15)12-6-8-20-9-7-17-14(20)10-12/h2-10H,1H3. The lowest BCUT2D eigenvalue weighted by atomic mass is 10.2. The second-order valence-corrected chi connectivity index (χ2v) is 7.34. The van der Waals surface area contributed by atoms with E-state index < -0.39 is 9.84 Å². The molecular formula is C16H12N4O3S. The maximum absolute atomic E-state index is 11.5. The first kappa shape index (κ1) is 14.6. The molecule has 3 aromatic heterocycles. The molecule has 0 N–H and O–H groups in total. The summed E-state index contributed by atoms with van der Waals surface area (Å²) in [4.78, 5) is 8.84. The van der Waals surface area contributed by atoms with Crippen LogP contribution in [0.1, 0.15) is 0 Å². The average Bonchev–Trinajstić information content (AvgIpc) is 3.22. The van der Waals surface area contributed by atoms with E-state index in [0.717, 1.165) is 11.2 Å². The molecule has 1 aromatic carbocycles. The number of pyridine rings is 1. The zero-order valence-corrected chi connectivity index (χ0v) is 13.4. The molecule has 24 heavy (non-hydrogen) atoms. The fraction of sp³-hybridized carbons (Fsp3) is 0.0625. The van der Waals surface area contributed by atoms with E-state index in [1.54, 1.807) is 18.3 Å². The molecular weight excluding hydrogens is 328 g/mol. The molecule has 0 spiro atoms. The molecule has 4 aromatic rings.